The molecule has 7 heteroatoms. The van der Waals surface area contributed by atoms with Crippen LogP contribution in [0.1, 0.15) is 33.2 Å². The van der Waals surface area contributed by atoms with E-state index in [0.29, 0.717) is 28.2 Å². The third-order valence-electron chi connectivity index (χ3n) is 4.31. The van der Waals surface area contributed by atoms with Gasteiger partial charge in [-0.05, 0) is 56.7 Å². The van der Waals surface area contributed by atoms with Gasteiger partial charge in [0.15, 0.2) is 5.16 Å². The van der Waals surface area contributed by atoms with Crippen LogP contribution in [-0.2, 0) is 4.79 Å². The molecule has 3 rings (SSSR count). The first-order valence-corrected chi connectivity index (χ1v) is 10.0. The zero-order chi connectivity index (χ0) is 20.3. The summed E-state index contributed by atoms with van der Waals surface area (Å²) in [5, 5.41) is 3.43. The van der Waals surface area contributed by atoms with Crippen molar-refractivity contribution in [2.24, 2.45) is 0 Å². The van der Waals surface area contributed by atoms with Gasteiger partial charge in [-0.3, -0.25) is 14.2 Å². The summed E-state index contributed by atoms with van der Waals surface area (Å²) in [6.07, 6.45) is 0.554. The van der Waals surface area contributed by atoms with Crippen molar-refractivity contribution in [3.63, 3.8) is 0 Å². The molecule has 0 bridgehead atoms. The average Bonchev–Trinajstić information content (AvgIpc) is 2.67. The zero-order valence-electron chi connectivity index (χ0n) is 16.0. The molecule has 1 heterocycles. The quantitative estimate of drug-likeness (QED) is 0.485. The number of para-hydroxylation sites is 1. The summed E-state index contributed by atoms with van der Waals surface area (Å²) < 4.78 is 14.7. The van der Waals surface area contributed by atoms with Gasteiger partial charge in [-0.25, -0.2) is 9.37 Å². The van der Waals surface area contributed by atoms with E-state index in [0.717, 1.165) is 0 Å². The molecule has 1 atom stereocenters. The molecule has 1 amide bonds. The van der Waals surface area contributed by atoms with E-state index in [-0.39, 0.29) is 23.3 Å². The first-order valence-electron chi connectivity index (χ1n) is 9.15. The van der Waals surface area contributed by atoms with E-state index in [1.165, 1.54) is 36.0 Å². The summed E-state index contributed by atoms with van der Waals surface area (Å²) >= 11 is 1.27. The number of halogens is 1. The molecule has 0 fully saturated rings. The van der Waals surface area contributed by atoms with E-state index < -0.39 is 5.25 Å². The smallest absolute Gasteiger partial charge is 0.262 e. The number of thioether (sulfide) groups is 1. The van der Waals surface area contributed by atoms with Crippen LogP contribution in [0.2, 0.25) is 0 Å². The lowest BCUT2D eigenvalue weighted by molar-refractivity contribution is -0.115. The Morgan fingerprint density at radius 2 is 1.86 bits per heavy atom. The fourth-order valence-electron chi connectivity index (χ4n) is 2.87. The molecule has 0 aliphatic heterocycles. The van der Waals surface area contributed by atoms with Gasteiger partial charge in [0.1, 0.15) is 5.82 Å². The Kier molecular flexibility index (Phi) is 6.14. The van der Waals surface area contributed by atoms with Gasteiger partial charge in [0.25, 0.3) is 5.56 Å². The van der Waals surface area contributed by atoms with Crippen molar-refractivity contribution in [1.29, 1.82) is 0 Å². The van der Waals surface area contributed by atoms with Crippen molar-refractivity contribution in [3.8, 4) is 0 Å². The fraction of sp³-hybridized carbons (Fsp3) is 0.286. The average molecular weight is 399 g/mol. The highest BCUT2D eigenvalue weighted by Crippen LogP contribution is 2.27. The van der Waals surface area contributed by atoms with Crippen LogP contribution >= 0.6 is 11.8 Å². The van der Waals surface area contributed by atoms with E-state index in [4.69, 9.17) is 0 Å². The second-order valence-electron chi connectivity index (χ2n) is 6.69. The van der Waals surface area contributed by atoms with E-state index >= 15 is 0 Å². The standard InChI is InChI=1S/C21H22FN3O2S/c1-4-18(19(26)23-15-11-9-14(22)10-12-15)28-21-24-17-8-6-5-7-16(17)20(27)25(21)13(2)3/h5-13,18H,4H2,1-3H3,(H,23,26)/t18-/m1/s1. The monoisotopic (exact) mass is 399 g/mol. The molecule has 2 aromatic carbocycles. The number of carbonyl (C=O) groups excluding carboxylic acids is 1. The SMILES string of the molecule is CC[C@@H](Sc1nc2ccccc2c(=O)n1C(C)C)C(=O)Nc1ccc(F)cc1. The molecule has 28 heavy (non-hydrogen) atoms. The molecular formula is C21H22FN3O2S. The second kappa shape index (κ2) is 8.56. The molecule has 3 aromatic rings. The minimum Gasteiger partial charge on any atom is -0.325 e. The fourth-order valence-corrected chi connectivity index (χ4v) is 4.01. The van der Waals surface area contributed by atoms with Gasteiger partial charge in [-0.2, -0.15) is 0 Å². The Balaban J connectivity index is 1.92. The highest BCUT2D eigenvalue weighted by Gasteiger charge is 2.23. The number of carbonyl (C=O) groups is 1. The van der Waals surface area contributed by atoms with E-state index in [1.807, 2.05) is 32.9 Å². The minimum absolute atomic E-state index is 0.0928. The van der Waals surface area contributed by atoms with Crippen molar-refractivity contribution in [1.82, 2.24) is 9.55 Å². The summed E-state index contributed by atoms with van der Waals surface area (Å²) in [5.41, 5.74) is 1.02. The number of fused-ring (bicyclic) bond motifs is 1. The van der Waals surface area contributed by atoms with Gasteiger partial charge in [0, 0.05) is 11.7 Å². The van der Waals surface area contributed by atoms with Crippen LogP contribution in [-0.4, -0.2) is 20.7 Å². The number of nitrogens with one attached hydrogen (secondary N) is 1. The summed E-state index contributed by atoms with van der Waals surface area (Å²) in [4.78, 5) is 30.3. The molecule has 1 N–H and O–H groups in total. The lowest BCUT2D eigenvalue weighted by Crippen LogP contribution is -2.29. The van der Waals surface area contributed by atoms with Crippen molar-refractivity contribution >= 4 is 34.3 Å². The van der Waals surface area contributed by atoms with Crippen LogP contribution in [0.5, 0.6) is 0 Å². The third kappa shape index (κ3) is 4.25. The molecule has 5 nitrogen and oxygen atoms in total. The summed E-state index contributed by atoms with van der Waals surface area (Å²) in [5.74, 6) is -0.572. The van der Waals surface area contributed by atoms with Crippen LogP contribution in [0.3, 0.4) is 0 Å². The first kappa shape index (κ1) is 20.1. The van der Waals surface area contributed by atoms with Crippen molar-refractivity contribution < 1.29 is 9.18 Å². The van der Waals surface area contributed by atoms with Crippen LogP contribution < -0.4 is 10.9 Å². The number of aromatic nitrogens is 2. The molecule has 0 saturated carbocycles. The van der Waals surface area contributed by atoms with E-state index in [2.05, 4.69) is 10.3 Å². The molecule has 146 valence electrons. The number of hydrogen-bond acceptors (Lipinski definition) is 4. The van der Waals surface area contributed by atoms with Crippen LogP contribution in [0.4, 0.5) is 10.1 Å². The number of amides is 1. The van der Waals surface area contributed by atoms with Gasteiger partial charge in [-0.1, -0.05) is 30.8 Å². The maximum absolute atomic E-state index is 13.1. The molecule has 0 unspecified atom stereocenters. The molecule has 0 spiro atoms. The Labute approximate surface area is 167 Å². The second-order valence-corrected chi connectivity index (χ2v) is 7.86. The number of nitrogens with zero attached hydrogens (tertiary/aromatic N) is 2. The van der Waals surface area contributed by atoms with Gasteiger partial charge in [-0.15, -0.1) is 0 Å². The Bertz CT molecular complexity index is 1050. The first-order chi connectivity index (χ1) is 13.4. The third-order valence-corrected chi connectivity index (χ3v) is 5.65. The maximum atomic E-state index is 13.1. The highest BCUT2D eigenvalue weighted by molar-refractivity contribution is 8.00. The predicted octanol–water partition coefficient (Wildman–Crippen LogP) is 4.63. The van der Waals surface area contributed by atoms with Gasteiger partial charge in [0.2, 0.25) is 5.91 Å². The van der Waals surface area contributed by atoms with Crippen molar-refractivity contribution in [3.05, 3.63) is 64.7 Å². The molecule has 0 aliphatic rings. The lowest BCUT2D eigenvalue weighted by atomic mass is 10.2. The summed E-state index contributed by atoms with van der Waals surface area (Å²) in [6.45, 7) is 5.74. The normalized spacial score (nSPS) is 12.3. The van der Waals surface area contributed by atoms with Crippen LogP contribution in [0, 0.1) is 5.82 Å². The lowest BCUT2D eigenvalue weighted by Gasteiger charge is -2.20. The van der Waals surface area contributed by atoms with Gasteiger partial charge in [0.05, 0.1) is 16.2 Å². The highest BCUT2D eigenvalue weighted by atomic mass is 32.2. The van der Waals surface area contributed by atoms with Crippen molar-refractivity contribution in [2.75, 3.05) is 5.32 Å². The Morgan fingerprint density at radius 3 is 2.50 bits per heavy atom. The number of anilines is 1. The van der Waals surface area contributed by atoms with E-state index in [9.17, 15) is 14.0 Å². The number of rotatable bonds is 6. The van der Waals surface area contributed by atoms with Crippen LogP contribution in [0.25, 0.3) is 10.9 Å². The largest absolute Gasteiger partial charge is 0.325 e. The molecule has 1 aromatic heterocycles. The van der Waals surface area contributed by atoms with Gasteiger partial charge >= 0.3 is 0 Å². The summed E-state index contributed by atoms with van der Waals surface area (Å²) in [6, 6.07) is 12.7. The number of hydrogen-bond donors (Lipinski definition) is 1. The number of benzene rings is 2. The topological polar surface area (TPSA) is 64.0 Å². The zero-order valence-corrected chi connectivity index (χ0v) is 16.8. The van der Waals surface area contributed by atoms with Crippen molar-refractivity contribution in [2.45, 2.75) is 43.6 Å². The Morgan fingerprint density at radius 1 is 1.18 bits per heavy atom. The van der Waals surface area contributed by atoms with Gasteiger partial charge < -0.3 is 5.32 Å². The molecule has 0 radical (unpaired) electrons. The van der Waals surface area contributed by atoms with Crippen LogP contribution in [0.15, 0.2) is 58.5 Å². The maximum Gasteiger partial charge on any atom is 0.262 e. The summed E-state index contributed by atoms with van der Waals surface area (Å²) in [7, 11) is 0. The molecular weight excluding hydrogens is 377 g/mol. The molecule has 0 saturated heterocycles. The molecule has 0 aliphatic carbocycles. The predicted molar refractivity (Wildman–Crippen MR) is 111 cm³/mol. The minimum atomic E-state index is -0.442. The van der Waals surface area contributed by atoms with E-state index in [1.54, 1.807) is 16.7 Å². The Hall–Kier alpha value is -2.67.